The van der Waals surface area contributed by atoms with Crippen molar-refractivity contribution in [3.8, 4) is 5.75 Å². The number of benzene rings is 1. The van der Waals surface area contributed by atoms with Crippen molar-refractivity contribution < 1.29 is 56.7 Å². The maximum Gasteiger partial charge on any atom is 0.312 e. The van der Waals surface area contributed by atoms with Crippen LogP contribution in [-0.2, 0) is 44.7 Å². The lowest BCUT2D eigenvalue weighted by molar-refractivity contribution is -0.213. The SMILES string of the molecule is COC(=O)[C@H]1C[C@@H](Oc2c(F)cc(CO)cc2F)[C@H](OC(C)=O)[C@@H](OC(C)=O)[C@@H]1OC(C)=O. The van der Waals surface area contributed by atoms with E-state index in [1.165, 1.54) is 0 Å². The summed E-state index contributed by atoms with van der Waals surface area (Å²) in [5, 5.41) is 9.11. The van der Waals surface area contributed by atoms with Gasteiger partial charge in [-0.15, -0.1) is 0 Å². The third-order valence-corrected chi connectivity index (χ3v) is 4.82. The second-order valence-electron chi connectivity index (χ2n) is 7.29. The van der Waals surface area contributed by atoms with Crippen LogP contribution < -0.4 is 4.74 Å². The minimum absolute atomic E-state index is 0.0577. The average molecular weight is 474 g/mol. The number of hydrogen-bond acceptors (Lipinski definition) is 10. The van der Waals surface area contributed by atoms with E-state index in [9.17, 15) is 28.0 Å². The summed E-state index contributed by atoms with van der Waals surface area (Å²) in [7, 11) is 1.06. The molecule has 1 aromatic rings. The Balaban J connectivity index is 2.57. The lowest BCUT2D eigenvalue weighted by Gasteiger charge is -2.43. The molecular formula is C21H24F2O10. The first-order valence-electron chi connectivity index (χ1n) is 9.83. The summed E-state index contributed by atoms with van der Waals surface area (Å²) in [5.74, 6) is -7.94. The van der Waals surface area contributed by atoms with Crippen LogP contribution in [0.25, 0.3) is 0 Å². The summed E-state index contributed by atoms with van der Waals surface area (Å²) in [4.78, 5) is 47.6. The van der Waals surface area contributed by atoms with Crippen molar-refractivity contribution in [2.45, 2.75) is 58.2 Å². The van der Waals surface area contributed by atoms with Crippen LogP contribution in [0.3, 0.4) is 0 Å². The predicted molar refractivity (Wildman–Crippen MR) is 103 cm³/mol. The molecule has 0 heterocycles. The van der Waals surface area contributed by atoms with Gasteiger partial charge in [-0.2, -0.15) is 0 Å². The number of carbonyl (C=O) groups excluding carboxylic acids is 4. The lowest BCUT2D eigenvalue weighted by Crippen LogP contribution is -2.61. The van der Waals surface area contributed by atoms with Gasteiger partial charge in [-0.1, -0.05) is 0 Å². The molecule has 33 heavy (non-hydrogen) atoms. The molecule has 1 N–H and O–H groups in total. The zero-order valence-electron chi connectivity index (χ0n) is 18.3. The van der Waals surface area contributed by atoms with E-state index in [4.69, 9.17) is 28.8 Å². The molecule has 0 saturated heterocycles. The zero-order valence-corrected chi connectivity index (χ0v) is 18.3. The summed E-state index contributed by atoms with van der Waals surface area (Å²) in [6.07, 6.45) is -6.29. The molecule has 0 aromatic heterocycles. The number of carbonyl (C=O) groups is 4. The molecule has 0 spiro atoms. The lowest BCUT2D eigenvalue weighted by atomic mass is 9.80. The van der Waals surface area contributed by atoms with Gasteiger partial charge in [0.25, 0.3) is 0 Å². The van der Waals surface area contributed by atoms with Gasteiger partial charge in [-0.25, -0.2) is 8.78 Å². The molecular weight excluding hydrogens is 450 g/mol. The summed E-state index contributed by atoms with van der Waals surface area (Å²) in [5.41, 5.74) is -0.0577. The third kappa shape index (κ3) is 6.37. The van der Waals surface area contributed by atoms with Crippen molar-refractivity contribution in [2.24, 2.45) is 5.92 Å². The Morgan fingerprint density at radius 2 is 1.39 bits per heavy atom. The van der Waals surface area contributed by atoms with Crippen LogP contribution >= 0.6 is 0 Å². The summed E-state index contributed by atoms with van der Waals surface area (Å²) < 4.78 is 54.8. The molecule has 2 rings (SSSR count). The summed E-state index contributed by atoms with van der Waals surface area (Å²) in [6.45, 7) is 2.49. The second kappa shape index (κ2) is 11.0. The van der Waals surface area contributed by atoms with E-state index >= 15 is 0 Å². The highest BCUT2D eigenvalue weighted by Crippen LogP contribution is 2.36. The van der Waals surface area contributed by atoms with Crippen molar-refractivity contribution in [2.75, 3.05) is 7.11 Å². The minimum Gasteiger partial charge on any atom is -0.480 e. The van der Waals surface area contributed by atoms with Gasteiger partial charge < -0.3 is 28.8 Å². The topological polar surface area (TPSA) is 135 Å². The van der Waals surface area contributed by atoms with Crippen molar-refractivity contribution >= 4 is 23.9 Å². The first-order chi connectivity index (χ1) is 15.5. The number of methoxy groups -OCH3 is 1. The Morgan fingerprint density at radius 1 is 0.909 bits per heavy atom. The first-order valence-corrected chi connectivity index (χ1v) is 9.83. The Morgan fingerprint density at radius 3 is 1.85 bits per heavy atom. The molecule has 0 unspecified atom stereocenters. The molecule has 0 radical (unpaired) electrons. The number of ether oxygens (including phenoxy) is 5. The van der Waals surface area contributed by atoms with E-state index in [2.05, 4.69) is 0 Å². The Kier molecular flexibility index (Phi) is 8.69. The third-order valence-electron chi connectivity index (χ3n) is 4.82. The summed E-state index contributed by atoms with van der Waals surface area (Å²) >= 11 is 0. The quantitative estimate of drug-likeness (QED) is 0.454. The Bertz CT molecular complexity index is 895. The highest BCUT2D eigenvalue weighted by Gasteiger charge is 2.54. The van der Waals surface area contributed by atoms with E-state index < -0.39 is 78.2 Å². The molecule has 0 aliphatic heterocycles. The predicted octanol–water partition coefficient (Wildman–Crippen LogP) is 1.19. The minimum atomic E-state index is -1.55. The summed E-state index contributed by atoms with van der Waals surface area (Å²) in [6, 6.07) is 1.68. The van der Waals surface area contributed by atoms with Crippen molar-refractivity contribution in [3.05, 3.63) is 29.3 Å². The average Bonchev–Trinajstić information content (AvgIpc) is 2.72. The number of halogens is 2. The van der Waals surface area contributed by atoms with Gasteiger partial charge in [-0.05, 0) is 17.7 Å². The van der Waals surface area contributed by atoms with Crippen LogP contribution in [0.2, 0.25) is 0 Å². The first kappa shape index (κ1) is 26.0. The maximum absolute atomic E-state index is 14.5. The number of aliphatic hydroxyl groups excluding tert-OH is 1. The molecule has 182 valence electrons. The second-order valence-corrected chi connectivity index (χ2v) is 7.29. The van der Waals surface area contributed by atoms with Gasteiger partial charge in [0.05, 0.1) is 13.7 Å². The number of esters is 4. The van der Waals surface area contributed by atoms with E-state index in [-0.39, 0.29) is 12.0 Å². The van der Waals surface area contributed by atoms with Gasteiger partial charge in [0.2, 0.25) is 0 Å². The van der Waals surface area contributed by atoms with Crippen LogP contribution in [0.5, 0.6) is 5.75 Å². The van der Waals surface area contributed by atoms with E-state index in [1.54, 1.807) is 0 Å². The van der Waals surface area contributed by atoms with Gasteiger partial charge >= 0.3 is 23.9 Å². The molecule has 10 nitrogen and oxygen atoms in total. The molecule has 12 heteroatoms. The largest absolute Gasteiger partial charge is 0.480 e. The van der Waals surface area contributed by atoms with E-state index in [0.717, 1.165) is 40.0 Å². The van der Waals surface area contributed by atoms with E-state index in [1.807, 2.05) is 0 Å². The highest BCUT2D eigenvalue weighted by molar-refractivity contribution is 5.75. The van der Waals surface area contributed by atoms with Crippen molar-refractivity contribution in [3.63, 3.8) is 0 Å². The molecule has 0 bridgehead atoms. The van der Waals surface area contributed by atoms with Crippen LogP contribution in [0.1, 0.15) is 32.8 Å². The highest BCUT2D eigenvalue weighted by atomic mass is 19.1. The maximum atomic E-state index is 14.5. The number of hydrogen-bond donors (Lipinski definition) is 1. The molecule has 1 aliphatic carbocycles. The van der Waals surface area contributed by atoms with Gasteiger partial charge in [0, 0.05) is 27.2 Å². The van der Waals surface area contributed by atoms with E-state index in [0.29, 0.717) is 0 Å². The fourth-order valence-corrected chi connectivity index (χ4v) is 3.61. The number of aliphatic hydroxyl groups is 1. The standard InChI is InChI=1S/C21H24F2O10/c1-9(25)30-17-13(21(28)29-4)7-16(19(31-10(2)26)20(17)32-11(3)27)33-18-14(22)5-12(8-24)6-15(18)23/h5-6,13,16-17,19-20,24H,7-8H2,1-4H3/t13-,16+,17+,19-,20-/m0/s1. The van der Waals surface area contributed by atoms with Crippen LogP contribution in [-0.4, -0.2) is 60.5 Å². The molecule has 5 atom stereocenters. The molecule has 1 saturated carbocycles. The van der Waals surface area contributed by atoms with Crippen LogP contribution in [0, 0.1) is 17.6 Å². The monoisotopic (exact) mass is 474 g/mol. The van der Waals surface area contributed by atoms with Crippen molar-refractivity contribution in [1.82, 2.24) is 0 Å². The molecule has 1 fully saturated rings. The van der Waals surface area contributed by atoms with Gasteiger partial charge in [-0.3, -0.25) is 19.2 Å². The normalized spacial score (nSPS) is 24.4. The van der Waals surface area contributed by atoms with Gasteiger partial charge in [0.15, 0.2) is 35.7 Å². The molecule has 1 aliphatic rings. The van der Waals surface area contributed by atoms with Crippen molar-refractivity contribution in [1.29, 1.82) is 0 Å². The van der Waals surface area contributed by atoms with Gasteiger partial charge in [0.1, 0.15) is 12.0 Å². The smallest absolute Gasteiger partial charge is 0.312 e. The Labute approximate surface area is 187 Å². The fraction of sp³-hybridized carbons (Fsp3) is 0.524. The molecule has 1 aromatic carbocycles. The zero-order chi connectivity index (χ0) is 24.9. The molecule has 0 amide bonds. The fourth-order valence-electron chi connectivity index (χ4n) is 3.61. The Hall–Kier alpha value is -3.28. The van der Waals surface area contributed by atoms with Crippen LogP contribution in [0.4, 0.5) is 8.78 Å². The van der Waals surface area contributed by atoms with Crippen LogP contribution in [0.15, 0.2) is 12.1 Å². The number of rotatable bonds is 7.